The number of likely N-dealkylation sites (tertiary alicyclic amines) is 1. The minimum Gasteiger partial charge on any atom is -0.454 e. The highest BCUT2D eigenvalue weighted by molar-refractivity contribution is 7.12. The highest BCUT2D eigenvalue weighted by Crippen LogP contribution is 2.23. The SMILES string of the molecule is O=C(COC(=O)[C@H]1CCCN1C(=O)c1cccs1)Nc1ccc(Cl)cc1. The number of nitrogens with zero attached hydrogens (tertiary/aromatic N) is 1. The molecule has 2 aromatic rings. The summed E-state index contributed by atoms with van der Waals surface area (Å²) >= 11 is 7.12. The zero-order valence-electron chi connectivity index (χ0n) is 13.8. The Morgan fingerprint density at radius 1 is 1.23 bits per heavy atom. The van der Waals surface area contributed by atoms with Crippen LogP contribution < -0.4 is 5.32 Å². The van der Waals surface area contributed by atoms with Gasteiger partial charge in [-0.1, -0.05) is 17.7 Å². The molecule has 0 spiro atoms. The molecule has 26 heavy (non-hydrogen) atoms. The zero-order chi connectivity index (χ0) is 18.5. The number of ether oxygens (including phenoxy) is 1. The van der Waals surface area contributed by atoms with Gasteiger partial charge in [0.25, 0.3) is 11.8 Å². The smallest absolute Gasteiger partial charge is 0.329 e. The van der Waals surface area contributed by atoms with Crippen LogP contribution in [-0.4, -0.2) is 41.9 Å². The van der Waals surface area contributed by atoms with Crippen molar-refractivity contribution in [2.75, 3.05) is 18.5 Å². The van der Waals surface area contributed by atoms with Crippen LogP contribution in [0.2, 0.25) is 5.02 Å². The van der Waals surface area contributed by atoms with Gasteiger partial charge >= 0.3 is 5.97 Å². The van der Waals surface area contributed by atoms with Crippen molar-refractivity contribution >= 4 is 46.4 Å². The van der Waals surface area contributed by atoms with Crippen LogP contribution in [0, 0.1) is 0 Å². The molecule has 0 unspecified atom stereocenters. The van der Waals surface area contributed by atoms with Gasteiger partial charge in [0.2, 0.25) is 0 Å². The third-order valence-electron chi connectivity index (χ3n) is 3.99. The minimum absolute atomic E-state index is 0.176. The lowest BCUT2D eigenvalue weighted by atomic mass is 10.2. The van der Waals surface area contributed by atoms with Gasteiger partial charge in [-0.25, -0.2) is 4.79 Å². The van der Waals surface area contributed by atoms with Gasteiger partial charge in [0.05, 0.1) is 4.88 Å². The van der Waals surface area contributed by atoms with E-state index in [1.54, 1.807) is 36.4 Å². The van der Waals surface area contributed by atoms with Crippen molar-refractivity contribution in [1.29, 1.82) is 0 Å². The molecule has 0 aliphatic carbocycles. The number of hydrogen-bond donors (Lipinski definition) is 1. The summed E-state index contributed by atoms with van der Waals surface area (Å²) in [5, 5.41) is 5.00. The van der Waals surface area contributed by atoms with Crippen molar-refractivity contribution < 1.29 is 19.1 Å². The van der Waals surface area contributed by atoms with E-state index in [1.807, 2.05) is 5.38 Å². The molecular weight excluding hydrogens is 376 g/mol. The standard InChI is InChI=1S/C18H17ClN2O4S/c19-12-5-7-13(8-6-12)20-16(22)11-25-18(24)14-3-1-9-21(14)17(23)15-4-2-10-26-15/h2,4-8,10,14H,1,3,9,11H2,(H,20,22)/t14-/m1/s1. The van der Waals surface area contributed by atoms with Gasteiger partial charge in [0.15, 0.2) is 6.61 Å². The molecule has 1 fully saturated rings. The summed E-state index contributed by atoms with van der Waals surface area (Å²) in [6.45, 7) is 0.104. The van der Waals surface area contributed by atoms with Crippen molar-refractivity contribution in [3.05, 3.63) is 51.7 Å². The quantitative estimate of drug-likeness (QED) is 0.793. The molecule has 1 aromatic carbocycles. The molecule has 2 amide bonds. The number of benzene rings is 1. The van der Waals surface area contributed by atoms with Crippen molar-refractivity contribution in [1.82, 2.24) is 4.90 Å². The van der Waals surface area contributed by atoms with E-state index in [2.05, 4.69) is 5.32 Å². The fraction of sp³-hybridized carbons (Fsp3) is 0.278. The first kappa shape index (κ1) is 18.4. The maximum Gasteiger partial charge on any atom is 0.329 e. The Kier molecular flexibility index (Phi) is 5.90. The lowest BCUT2D eigenvalue weighted by Gasteiger charge is -2.22. The molecule has 1 aliphatic rings. The van der Waals surface area contributed by atoms with E-state index in [9.17, 15) is 14.4 Å². The highest BCUT2D eigenvalue weighted by Gasteiger charge is 2.36. The predicted molar refractivity (Wildman–Crippen MR) is 99.4 cm³/mol. The van der Waals surface area contributed by atoms with Gasteiger partial charge in [0.1, 0.15) is 6.04 Å². The van der Waals surface area contributed by atoms with E-state index >= 15 is 0 Å². The number of carbonyl (C=O) groups is 3. The minimum atomic E-state index is -0.645. The average molecular weight is 393 g/mol. The Hall–Kier alpha value is -2.38. The van der Waals surface area contributed by atoms with Gasteiger partial charge in [-0.2, -0.15) is 0 Å². The largest absolute Gasteiger partial charge is 0.454 e. The van der Waals surface area contributed by atoms with Gasteiger partial charge in [-0.15, -0.1) is 11.3 Å². The number of hydrogen-bond acceptors (Lipinski definition) is 5. The van der Waals surface area contributed by atoms with Crippen LogP contribution >= 0.6 is 22.9 Å². The molecule has 1 aliphatic heterocycles. The summed E-state index contributed by atoms with van der Waals surface area (Å²) in [5.74, 6) is -1.18. The number of nitrogens with one attached hydrogen (secondary N) is 1. The van der Waals surface area contributed by atoms with Gasteiger partial charge in [-0.3, -0.25) is 9.59 Å². The van der Waals surface area contributed by atoms with E-state index in [4.69, 9.17) is 16.3 Å². The van der Waals surface area contributed by atoms with Crippen LogP contribution in [0.4, 0.5) is 5.69 Å². The van der Waals surface area contributed by atoms with Crippen molar-refractivity contribution in [2.45, 2.75) is 18.9 Å². The van der Waals surface area contributed by atoms with Crippen LogP contribution in [0.3, 0.4) is 0 Å². The first-order chi connectivity index (χ1) is 12.5. The van der Waals surface area contributed by atoms with E-state index in [0.717, 1.165) is 6.42 Å². The number of rotatable bonds is 5. The molecule has 0 saturated carbocycles. The number of esters is 1. The lowest BCUT2D eigenvalue weighted by Crippen LogP contribution is -2.41. The van der Waals surface area contributed by atoms with Gasteiger partial charge < -0.3 is 15.0 Å². The molecule has 0 radical (unpaired) electrons. The molecule has 6 nitrogen and oxygen atoms in total. The number of halogens is 1. The van der Waals surface area contributed by atoms with Crippen LogP contribution in [0.15, 0.2) is 41.8 Å². The van der Waals surface area contributed by atoms with Crippen molar-refractivity contribution in [3.63, 3.8) is 0 Å². The van der Waals surface area contributed by atoms with E-state index < -0.39 is 24.5 Å². The summed E-state index contributed by atoms with van der Waals surface area (Å²) < 4.78 is 5.11. The normalized spacial score (nSPS) is 16.3. The molecule has 8 heteroatoms. The Labute approximate surface area is 159 Å². The van der Waals surface area contributed by atoms with E-state index in [0.29, 0.717) is 28.6 Å². The number of carbonyl (C=O) groups excluding carboxylic acids is 3. The lowest BCUT2D eigenvalue weighted by molar-refractivity contribution is -0.151. The molecule has 1 atom stereocenters. The molecular formula is C18H17ClN2O4S. The maximum absolute atomic E-state index is 12.5. The first-order valence-electron chi connectivity index (χ1n) is 8.11. The molecule has 136 valence electrons. The van der Waals surface area contributed by atoms with Crippen LogP contribution in [0.5, 0.6) is 0 Å². The topological polar surface area (TPSA) is 75.7 Å². The third-order valence-corrected chi connectivity index (χ3v) is 5.10. The summed E-state index contributed by atoms with van der Waals surface area (Å²) in [6, 6.07) is 9.48. The van der Waals surface area contributed by atoms with Gasteiger partial charge in [0, 0.05) is 17.3 Å². The highest BCUT2D eigenvalue weighted by atomic mass is 35.5. The summed E-state index contributed by atoms with van der Waals surface area (Å²) in [6.07, 6.45) is 1.27. The second-order valence-electron chi connectivity index (χ2n) is 5.80. The first-order valence-corrected chi connectivity index (χ1v) is 9.37. The second-order valence-corrected chi connectivity index (χ2v) is 7.18. The predicted octanol–water partition coefficient (Wildman–Crippen LogP) is 3.19. The molecule has 1 aromatic heterocycles. The molecule has 2 heterocycles. The Bertz CT molecular complexity index is 792. The summed E-state index contributed by atoms with van der Waals surface area (Å²) in [5.41, 5.74) is 0.561. The third kappa shape index (κ3) is 4.42. The molecule has 1 saturated heterocycles. The maximum atomic E-state index is 12.5. The van der Waals surface area contributed by atoms with Crippen LogP contribution in [-0.2, 0) is 14.3 Å². The average Bonchev–Trinajstić information content (AvgIpc) is 3.33. The molecule has 0 bridgehead atoms. The zero-order valence-corrected chi connectivity index (χ0v) is 15.4. The number of thiophene rings is 1. The Morgan fingerprint density at radius 3 is 2.69 bits per heavy atom. The molecule has 1 N–H and O–H groups in total. The second kappa shape index (κ2) is 8.33. The Morgan fingerprint density at radius 2 is 2.00 bits per heavy atom. The van der Waals surface area contributed by atoms with Crippen LogP contribution in [0.25, 0.3) is 0 Å². The van der Waals surface area contributed by atoms with Crippen molar-refractivity contribution in [2.24, 2.45) is 0 Å². The summed E-state index contributed by atoms with van der Waals surface area (Å²) in [7, 11) is 0. The number of amides is 2. The van der Waals surface area contributed by atoms with Gasteiger partial charge in [-0.05, 0) is 48.6 Å². The number of anilines is 1. The molecule has 3 rings (SSSR count). The van der Waals surface area contributed by atoms with E-state index in [1.165, 1.54) is 16.2 Å². The summed E-state index contributed by atoms with van der Waals surface area (Å²) in [4.78, 5) is 38.8. The Balaban J connectivity index is 1.53. The fourth-order valence-electron chi connectivity index (χ4n) is 2.76. The fourth-order valence-corrected chi connectivity index (χ4v) is 3.56. The van der Waals surface area contributed by atoms with E-state index in [-0.39, 0.29) is 5.91 Å². The van der Waals surface area contributed by atoms with Crippen LogP contribution in [0.1, 0.15) is 22.5 Å². The van der Waals surface area contributed by atoms with Crippen molar-refractivity contribution in [3.8, 4) is 0 Å². The monoisotopic (exact) mass is 392 g/mol.